The molecule has 3 heteroatoms. The number of rotatable bonds is 19. The van der Waals surface area contributed by atoms with Crippen LogP contribution in [0, 0.1) is 0 Å². The van der Waals surface area contributed by atoms with Gasteiger partial charge in [0.15, 0.2) is 5.78 Å². The molecule has 1 atom stereocenters. The molecular formula is C28H44O3. The van der Waals surface area contributed by atoms with Crippen molar-refractivity contribution < 1.29 is 14.7 Å². The molecule has 0 aliphatic carbocycles. The number of benzene rings is 1. The zero-order chi connectivity index (χ0) is 22.9. The van der Waals surface area contributed by atoms with Gasteiger partial charge < -0.3 is 5.11 Å². The van der Waals surface area contributed by atoms with Crippen LogP contribution in [0.25, 0.3) is 0 Å². The Hall–Kier alpha value is -1.90. The molecule has 1 rings (SSSR count). The topological polar surface area (TPSA) is 54.4 Å². The van der Waals surface area contributed by atoms with E-state index in [9.17, 15) is 9.59 Å². The molecule has 1 N–H and O–H groups in total. The van der Waals surface area contributed by atoms with Crippen molar-refractivity contribution in [3.8, 4) is 0 Å². The summed E-state index contributed by atoms with van der Waals surface area (Å²) in [5, 5.41) is 9.03. The fourth-order valence-electron chi connectivity index (χ4n) is 4.26. The molecule has 0 amide bonds. The van der Waals surface area contributed by atoms with Gasteiger partial charge in [0.05, 0.1) is 0 Å². The third kappa shape index (κ3) is 11.3. The van der Waals surface area contributed by atoms with Crippen LogP contribution >= 0.6 is 0 Å². The van der Waals surface area contributed by atoms with Crippen molar-refractivity contribution in [1.29, 1.82) is 0 Å². The average molecular weight is 429 g/mol. The normalized spacial score (nSPS) is 11.9. The number of hydrogen-bond acceptors (Lipinski definition) is 2. The van der Waals surface area contributed by atoms with Gasteiger partial charge in [0.25, 0.3) is 0 Å². The number of Topliss-reactive ketones (excluding diaryl/α,β-unsaturated/α-hetero) is 1. The van der Waals surface area contributed by atoms with Crippen molar-refractivity contribution in [3.63, 3.8) is 0 Å². The average Bonchev–Trinajstić information content (AvgIpc) is 2.78. The summed E-state index contributed by atoms with van der Waals surface area (Å²) >= 11 is 0. The van der Waals surface area contributed by atoms with Crippen LogP contribution in [0.5, 0.6) is 0 Å². The van der Waals surface area contributed by atoms with Crippen LogP contribution in [-0.4, -0.2) is 16.9 Å². The Morgan fingerprint density at radius 1 is 0.806 bits per heavy atom. The molecule has 1 aromatic carbocycles. The van der Waals surface area contributed by atoms with E-state index < -0.39 is 11.8 Å². The van der Waals surface area contributed by atoms with Crippen molar-refractivity contribution in [2.75, 3.05) is 0 Å². The second-order valence-corrected chi connectivity index (χ2v) is 8.90. The lowest BCUT2D eigenvalue weighted by Gasteiger charge is -2.17. The lowest BCUT2D eigenvalue weighted by molar-refractivity contribution is -0.132. The maximum absolute atomic E-state index is 12.3. The van der Waals surface area contributed by atoms with Crippen LogP contribution in [-0.2, 0) is 4.79 Å². The van der Waals surface area contributed by atoms with Gasteiger partial charge in [-0.25, -0.2) is 4.79 Å². The lowest BCUT2D eigenvalue weighted by atomic mass is 9.87. The highest BCUT2D eigenvalue weighted by Crippen LogP contribution is 2.28. The molecule has 0 aliphatic rings. The van der Waals surface area contributed by atoms with Crippen LogP contribution in [0.15, 0.2) is 36.4 Å². The number of hydrogen-bond donors (Lipinski definition) is 1. The molecule has 0 radical (unpaired) electrons. The first-order valence-corrected chi connectivity index (χ1v) is 12.6. The summed E-state index contributed by atoms with van der Waals surface area (Å²) in [5.74, 6) is -1.31. The van der Waals surface area contributed by atoms with Crippen molar-refractivity contribution in [2.45, 2.75) is 116 Å². The van der Waals surface area contributed by atoms with E-state index in [1.165, 1.54) is 77.0 Å². The van der Waals surface area contributed by atoms with Gasteiger partial charge in [-0.15, -0.1) is 0 Å². The quantitative estimate of drug-likeness (QED) is 0.0790. The predicted molar refractivity (Wildman–Crippen MR) is 131 cm³/mol. The van der Waals surface area contributed by atoms with Gasteiger partial charge in [-0.1, -0.05) is 122 Å². The first-order valence-electron chi connectivity index (χ1n) is 12.6. The lowest BCUT2D eigenvalue weighted by Crippen LogP contribution is -2.12. The van der Waals surface area contributed by atoms with E-state index in [4.69, 9.17) is 5.11 Å². The Balaban J connectivity index is 2.35. The summed E-state index contributed by atoms with van der Waals surface area (Å²) in [4.78, 5) is 23.4. The smallest absolute Gasteiger partial charge is 0.339 e. The molecule has 0 saturated heterocycles. The largest absolute Gasteiger partial charge is 0.478 e. The van der Waals surface area contributed by atoms with Gasteiger partial charge in [0.2, 0.25) is 0 Å². The second kappa shape index (κ2) is 16.8. The minimum atomic E-state index is -1.25. The molecular weight excluding hydrogens is 384 g/mol. The second-order valence-electron chi connectivity index (χ2n) is 8.90. The molecule has 31 heavy (non-hydrogen) atoms. The molecule has 0 bridgehead atoms. The van der Waals surface area contributed by atoms with Crippen LogP contribution in [0.1, 0.15) is 132 Å². The third-order valence-electron chi connectivity index (χ3n) is 6.20. The van der Waals surface area contributed by atoms with E-state index in [1.807, 2.05) is 12.1 Å². The van der Waals surface area contributed by atoms with E-state index >= 15 is 0 Å². The minimum absolute atomic E-state index is 0.370. The van der Waals surface area contributed by atoms with E-state index in [-0.39, 0.29) is 5.57 Å². The van der Waals surface area contributed by atoms with Gasteiger partial charge >= 0.3 is 5.97 Å². The number of carbonyl (C=O) groups excluding carboxylic acids is 1. The van der Waals surface area contributed by atoms with E-state index in [0.717, 1.165) is 24.8 Å². The fraction of sp³-hybridized carbons (Fsp3) is 0.643. The molecule has 0 saturated carbocycles. The number of aliphatic carboxylic acids is 1. The van der Waals surface area contributed by atoms with E-state index in [2.05, 4.69) is 26.5 Å². The van der Waals surface area contributed by atoms with Crippen LogP contribution < -0.4 is 0 Å². The summed E-state index contributed by atoms with van der Waals surface area (Å²) in [6.45, 7) is 7.86. The van der Waals surface area contributed by atoms with Gasteiger partial charge in [0, 0.05) is 5.56 Å². The summed E-state index contributed by atoms with van der Waals surface area (Å²) in [6, 6.07) is 7.49. The molecule has 3 nitrogen and oxygen atoms in total. The molecule has 1 unspecified atom stereocenters. The monoisotopic (exact) mass is 428 g/mol. The maximum atomic E-state index is 12.3. The molecule has 174 valence electrons. The van der Waals surface area contributed by atoms with Crippen LogP contribution in [0.4, 0.5) is 0 Å². The summed E-state index contributed by atoms with van der Waals surface area (Å²) in [7, 11) is 0. The number of carboxylic acid groups (broad SMARTS) is 1. The zero-order valence-electron chi connectivity index (χ0n) is 20.0. The molecule has 1 aromatic rings. The summed E-state index contributed by atoms with van der Waals surface area (Å²) < 4.78 is 0. The first kappa shape index (κ1) is 27.1. The summed E-state index contributed by atoms with van der Waals surface area (Å²) in [6.07, 6.45) is 19.5. The highest BCUT2D eigenvalue weighted by atomic mass is 16.4. The van der Waals surface area contributed by atoms with E-state index in [0.29, 0.717) is 11.5 Å². The standard InChI is InChI=1S/C28H44O3/c1-4-6-7-8-9-10-11-12-13-14-15-16-19-24(18-5-2)25-20-17-21-26(22-25)27(29)23(3)28(30)31/h17,20-22,24H,3-16,18-19H2,1-2H3,(H,30,31). The Bertz CT molecular complexity index is 662. The zero-order valence-corrected chi connectivity index (χ0v) is 20.0. The van der Waals surface area contributed by atoms with Gasteiger partial charge in [-0.05, 0) is 30.4 Å². The highest BCUT2D eigenvalue weighted by Gasteiger charge is 2.18. The number of ketones is 1. The van der Waals surface area contributed by atoms with Gasteiger partial charge in [0.1, 0.15) is 5.57 Å². The van der Waals surface area contributed by atoms with Crippen molar-refractivity contribution in [2.24, 2.45) is 0 Å². The highest BCUT2D eigenvalue weighted by molar-refractivity contribution is 6.23. The first-order chi connectivity index (χ1) is 15.0. The Morgan fingerprint density at radius 3 is 1.87 bits per heavy atom. The van der Waals surface area contributed by atoms with Crippen molar-refractivity contribution in [1.82, 2.24) is 0 Å². The van der Waals surface area contributed by atoms with Crippen LogP contribution in [0.2, 0.25) is 0 Å². The predicted octanol–water partition coefficient (Wildman–Crippen LogP) is 8.49. The SMILES string of the molecule is C=C(C(=O)O)C(=O)c1cccc(C(CCC)CCCCCCCCCCCCCC)c1. The molecule has 0 aliphatic heterocycles. The number of carboxylic acids is 1. The fourth-order valence-corrected chi connectivity index (χ4v) is 4.26. The minimum Gasteiger partial charge on any atom is -0.478 e. The summed E-state index contributed by atoms with van der Waals surface area (Å²) in [5.41, 5.74) is 1.21. The molecule has 0 spiro atoms. The van der Waals surface area contributed by atoms with E-state index in [1.54, 1.807) is 6.07 Å². The molecule has 0 aromatic heterocycles. The number of unbranched alkanes of at least 4 members (excludes halogenated alkanes) is 11. The van der Waals surface area contributed by atoms with Crippen molar-refractivity contribution in [3.05, 3.63) is 47.5 Å². The van der Waals surface area contributed by atoms with Gasteiger partial charge in [-0.3, -0.25) is 4.79 Å². The molecule has 0 fully saturated rings. The van der Waals surface area contributed by atoms with Crippen molar-refractivity contribution >= 4 is 11.8 Å². The van der Waals surface area contributed by atoms with Crippen LogP contribution in [0.3, 0.4) is 0 Å². The Morgan fingerprint density at radius 2 is 1.35 bits per heavy atom. The Labute approximate surface area is 190 Å². The number of carbonyl (C=O) groups is 2. The molecule has 0 heterocycles. The Kier molecular flexibility index (Phi) is 14.7. The van der Waals surface area contributed by atoms with Gasteiger partial charge in [-0.2, -0.15) is 0 Å². The third-order valence-corrected chi connectivity index (χ3v) is 6.20. The maximum Gasteiger partial charge on any atom is 0.339 e.